The lowest BCUT2D eigenvalue weighted by molar-refractivity contribution is -0.266. The van der Waals surface area contributed by atoms with Crippen LogP contribution in [0, 0.1) is 0 Å². The summed E-state index contributed by atoms with van der Waals surface area (Å²) in [5, 5.41) is 10.7. The van der Waals surface area contributed by atoms with E-state index in [0.29, 0.717) is 32.9 Å². The number of nitrogen functional groups attached to an aromatic ring is 1. The molecule has 9 heteroatoms. The third kappa shape index (κ3) is 3.40. The van der Waals surface area contributed by atoms with Gasteiger partial charge in [0.15, 0.2) is 5.60 Å². The van der Waals surface area contributed by atoms with Gasteiger partial charge < -0.3 is 10.8 Å². The Hall–Kier alpha value is -2.52. The van der Waals surface area contributed by atoms with Crippen LogP contribution in [0.4, 0.5) is 19.0 Å². The zero-order chi connectivity index (χ0) is 19.8. The van der Waals surface area contributed by atoms with Gasteiger partial charge in [-0.25, -0.2) is 9.97 Å². The number of aromatic nitrogens is 2. The summed E-state index contributed by atoms with van der Waals surface area (Å²) in [6, 6.07) is 6.46. The third-order valence-electron chi connectivity index (χ3n) is 4.28. The first-order valence-electron chi connectivity index (χ1n) is 8.08. The molecule has 3 aromatic rings. The van der Waals surface area contributed by atoms with Gasteiger partial charge in [0.25, 0.3) is 0 Å². The van der Waals surface area contributed by atoms with Crippen LogP contribution in [-0.4, -0.2) is 34.5 Å². The SMILES string of the molecule is CCC(O)(c1cc2ccc(-c3cnc(N)c(C=NC)c3)nc2s1)C(F)(F)F. The van der Waals surface area contributed by atoms with E-state index < -0.39 is 18.2 Å². The van der Waals surface area contributed by atoms with Gasteiger partial charge in [0.2, 0.25) is 0 Å². The normalized spacial score (nSPS) is 14.7. The van der Waals surface area contributed by atoms with Crippen LogP contribution in [0.2, 0.25) is 0 Å². The van der Waals surface area contributed by atoms with E-state index in [9.17, 15) is 18.3 Å². The summed E-state index contributed by atoms with van der Waals surface area (Å²) in [6.45, 7) is 1.30. The fourth-order valence-electron chi connectivity index (χ4n) is 2.67. The number of fused-ring (bicyclic) bond motifs is 1. The molecule has 0 spiro atoms. The molecule has 0 aliphatic heterocycles. The Bertz CT molecular complexity index is 1020. The fourth-order valence-corrected chi connectivity index (χ4v) is 3.88. The molecule has 0 bridgehead atoms. The summed E-state index contributed by atoms with van der Waals surface area (Å²) < 4.78 is 40.0. The van der Waals surface area contributed by atoms with E-state index in [2.05, 4.69) is 15.0 Å². The number of anilines is 1. The van der Waals surface area contributed by atoms with Crippen molar-refractivity contribution in [3.63, 3.8) is 0 Å². The van der Waals surface area contributed by atoms with Gasteiger partial charge in [-0.15, -0.1) is 11.3 Å². The van der Waals surface area contributed by atoms with Crippen molar-refractivity contribution in [1.82, 2.24) is 9.97 Å². The predicted molar refractivity (Wildman–Crippen MR) is 101 cm³/mol. The number of hydrogen-bond acceptors (Lipinski definition) is 6. The monoisotopic (exact) mass is 394 g/mol. The standard InChI is InChI=1S/C18H17F3N4OS/c1-3-17(26,18(19,20)21)14-7-10-4-5-13(25-16(10)27-14)11-6-12(8-23-2)15(22)24-9-11/h4-9,26H,3H2,1-2H3,(H2,22,24). The van der Waals surface area contributed by atoms with Gasteiger partial charge in [0.1, 0.15) is 10.6 Å². The molecule has 5 nitrogen and oxygen atoms in total. The molecule has 0 saturated carbocycles. The van der Waals surface area contributed by atoms with Crippen molar-refractivity contribution in [2.24, 2.45) is 4.99 Å². The highest BCUT2D eigenvalue weighted by molar-refractivity contribution is 7.18. The second-order valence-electron chi connectivity index (χ2n) is 6.00. The van der Waals surface area contributed by atoms with Gasteiger partial charge in [-0.3, -0.25) is 4.99 Å². The Labute approximate surface area is 157 Å². The van der Waals surface area contributed by atoms with E-state index in [-0.39, 0.29) is 4.88 Å². The second kappa shape index (κ2) is 6.90. The Morgan fingerprint density at radius 1 is 1.30 bits per heavy atom. The van der Waals surface area contributed by atoms with Crippen LogP contribution in [-0.2, 0) is 5.60 Å². The molecule has 3 heterocycles. The molecule has 3 N–H and O–H groups in total. The van der Waals surface area contributed by atoms with E-state index in [1.54, 1.807) is 37.7 Å². The largest absolute Gasteiger partial charge is 0.422 e. The van der Waals surface area contributed by atoms with Gasteiger partial charge in [-0.2, -0.15) is 13.2 Å². The maximum absolute atomic E-state index is 13.3. The zero-order valence-electron chi connectivity index (χ0n) is 14.6. The molecule has 0 aromatic carbocycles. The van der Waals surface area contributed by atoms with E-state index in [1.807, 2.05) is 0 Å². The summed E-state index contributed by atoms with van der Waals surface area (Å²) in [7, 11) is 1.61. The van der Waals surface area contributed by atoms with Gasteiger partial charge >= 0.3 is 6.18 Å². The van der Waals surface area contributed by atoms with Crippen LogP contribution < -0.4 is 5.73 Å². The minimum atomic E-state index is -4.76. The van der Waals surface area contributed by atoms with Crippen molar-refractivity contribution in [1.29, 1.82) is 0 Å². The molecule has 0 saturated heterocycles. The summed E-state index contributed by atoms with van der Waals surface area (Å²) in [5.74, 6) is 0.321. The fraction of sp³-hybridized carbons (Fsp3) is 0.278. The van der Waals surface area contributed by atoms with Crippen molar-refractivity contribution in [3.8, 4) is 11.3 Å². The highest BCUT2D eigenvalue weighted by Crippen LogP contribution is 2.45. The third-order valence-corrected chi connectivity index (χ3v) is 5.48. The average Bonchev–Trinajstić information content (AvgIpc) is 3.05. The minimum Gasteiger partial charge on any atom is -0.383 e. The van der Waals surface area contributed by atoms with Crippen LogP contribution in [0.3, 0.4) is 0 Å². The maximum atomic E-state index is 13.3. The molecular weight excluding hydrogens is 377 g/mol. The maximum Gasteiger partial charge on any atom is 0.422 e. The van der Waals surface area contributed by atoms with Gasteiger partial charge in [-0.1, -0.05) is 6.92 Å². The van der Waals surface area contributed by atoms with Crippen LogP contribution in [0.1, 0.15) is 23.8 Å². The molecule has 27 heavy (non-hydrogen) atoms. The number of aliphatic imine (C=N–C) groups is 1. The molecule has 1 atom stereocenters. The van der Waals surface area contributed by atoms with Crippen LogP contribution in [0.15, 0.2) is 35.5 Å². The van der Waals surface area contributed by atoms with Gasteiger partial charge in [0, 0.05) is 40.8 Å². The van der Waals surface area contributed by atoms with Crippen LogP contribution in [0.5, 0.6) is 0 Å². The zero-order valence-corrected chi connectivity index (χ0v) is 15.4. The molecule has 0 aliphatic carbocycles. The smallest absolute Gasteiger partial charge is 0.383 e. The number of rotatable bonds is 4. The number of thiophene rings is 1. The minimum absolute atomic E-state index is 0.175. The molecule has 1 unspecified atom stereocenters. The number of pyridine rings is 2. The summed E-state index contributed by atoms with van der Waals surface area (Å²) >= 11 is 0.830. The quantitative estimate of drug-likeness (QED) is 0.651. The van der Waals surface area contributed by atoms with Gasteiger partial charge in [-0.05, 0) is 30.7 Å². The average molecular weight is 394 g/mol. The molecule has 0 radical (unpaired) electrons. The molecule has 3 rings (SSSR count). The van der Waals surface area contributed by atoms with Crippen molar-refractivity contribution >= 4 is 33.6 Å². The Balaban J connectivity index is 2.08. The first-order chi connectivity index (χ1) is 12.7. The lowest BCUT2D eigenvalue weighted by Crippen LogP contribution is -2.40. The number of halogens is 3. The topological polar surface area (TPSA) is 84.4 Å². The highest BCUT2D eigenvalue weighted by Gasteiger charge is 2.54. The molecule has 142 valence electrons. The molecule has 0 amide bonds. The first kappa shape index (κ1) is 19.2. The molecule has 0 aliphatic rings. The number of nitrogens with two attached hydrogens (primary N) is 1. The number of aliphatic hydroxyl groups is 1. The Morgan fingerprint density at radius 2 is 2.04 bits per heavy atom. The summed E-state index contributed by atoms with van der Waals surface area (Å²) in [6.07, 6.45) is -2.13. The van der Waals surface area contributed by atoms with E-state index >= 15 is 0 Å². The van der Waals surface area contributed by atoms with E-state index in [1.165, 1.54) is 13.0 Å². The summed E-state index contributed by atoms with van der Waals surface area (Å²) in [5.41, 5.74) is 4.75. The lowest BCUT2D eigenvalue weighted by atomic mass is 9.97. The van der Waals surface area contributed by atoms with Crippen LogP contribution >= 0.6 is 11.3 Å². The second-order valence-corrected chi connectivity index (χ2v) is 7.03. The Morgan fingerprint density at radius 3 is 2.67 bits per heavy atom. The highest BCUT2D eigenvalue weighted by atomic mass is 32.1. The summed E-state index contributed by atoms with van der Waals surface area (Å²) in [4.78, 5) is 12.7. The molecular formula is C18H17F3N4OS. The molecule has 3 aromatic heterocycles. The van der Waals surface area contributed by atoms with E-state index in [4.69, 9.17) is 5.73 Å². The lowest BCUT2D eigenvalue weighted by Gasteiger charge is -2.27. The number of nitrogens with zero attached hydrogens (tertiary/aromatic N) is 3. The van der Waals surface area contributed by atoms with Crippen molar-refractivity contribution in [2.45, 2.75) is 25.1 Å². The first-order valence-corrected chi connectivity index (χ1v) is 8.89. The van der Waals surface area contributed by atoms with Crippen LogP contribution in [0.25, 0.3) is 21.5 Å². The van der Waals surface area contributed by atoms with E-state index in [0.717, 1.165) is 11.3 Å². The Kier molecular flexibility index (Phi) is 4.92. The van der Waals surface area contributed by atoms with Crippen molar-refractivity contribution in [3.05, 3.63) is 40.9 Å². The molecule has 0 fully saturated rings. The predicted octanol–water partition coefficient (Wildman–Crippen LogP) is 4.15. The van der Waals surface area contributed by atoms with Gasteiger partial charge in [0.05, 0.1) is 5.69 Å². The van der Waals surface area contributed by atoms with Crippen molar-refractivity contribution in [2.75, 3.05) is 12.8 Å². The number of alkyl halides is 3. The number of hydrogen-bond donors (Lipinski definition) is 2. The van der Waals surface area contributed by atoms with Crippen molar-refractivity contribution < 1.29 is 18.3 Å².